The van der Waals surface area contributed by atoms with Crippen molar-refractivity contribution in [2.45, 2.75) is 46.7 Å². The van der Waals surface area contributed by atoms with E-state index in [4.69, 9.17) is 0 Å². The standard InChI is InChI=1S/C13H24N4O/c1-8(2)15-12(18)7-14-9(3)13-10(4)16-17(6)11(13)5/h8-9,14H,7H2,1-6H3,(H,15,18). The van der Waals surface area contributed by atoms with Crippen LogP contribution in [0.25, 0.3) is 0 Å². The largest absolute Gasteiger partial charge is 0.353 e. The third-order valence-corrected chi connectivity index (χ3v) is 3.02. The lowest BCUT2D eigenvalue weighted by atomic mass is 10.1. The van der Waals surface area contributed by atoms with E-state index in [1.807, 2.05) is 39.4 Å². The van der Waals surface area contributed by atoms with E-state index in [9.17, 15) is 4.79 Å². The summed E-state index contributed by atoms with van der Waals surface area (Å²) in [5.41, 5.74) is 3.32. The molecule has 0 spiro atoms. The normalized spacial score (nSPS) is 12.8. The van der Waals surface area contributed by atoms with Crippen molar-refractivity contribution in [1.82, 2.24) is 20.4 Å². The van der Waals surface area contributed by atoms with Gasteiger partial charge in [0.05, 0.1) is 12.2 Å². The van der Waals surface area contributed by atoms with Crippen molar-refractivity contribution in [3.63, 3.8) is 0 Å². The molecule has 1 rings (SSSR count). The molecule has 0 saturated heterocycles. The molecule has 1 heterocycles. The van der Waals surface area contributed by atoms with E-state index in [0.717, 1.165) is 11.4 Å². The van der Waals surface area contributed by atoms with Crippen LogP contribution in [-0.4, -0.2) is 28.3 Å². The first kappa shape index (κ1) is 14.7. The van der Waals surface area contributed by atoms with Crippen LogP contribution in [0.1, 0.15) is 43.8 Å². The summed E-state index contributed by atoms with van der Waals surface area (Å²) in [4.78, 5) is 11.6. The fraction of sp³-hybridized carbons (Fsp3) is 0.692. The molecule has 1 aromatic rings. The molecule has 0 aliphatic carbocycles. The molecule has 2 N–H and O–H groups in total. The second-order valence-electron chi connectivity index (χ2n) is 5.03. The first-order chi connectivity index (χ1) is 8.32. The molecule has 0 bridgehead atoms. The maximum atomic E-state index is 11.6. The van der Waals surface area contributed by atoms with Crippen molar-refractivity contribution in [3.05, 3.63) is 17.0 Å². The predicted octanol–water partition coefficient (Wildman–Crippen LogP) is 1.21. The van der Waals surface area contributed by atoms with Crippen LogP contribution < -0.4 is 10.6 Å². The third kappa shape index (κ3) is 3.57. The van der Waals surface area contributed by atoms with Crippen LogP contribution in [0.4, 0.5) is 0 Å². The van der Waals surface area contributed by atoms with Gasteiger partial charge in [-0.05, 0) is 34.6 Å². The Labute approximate surface area is 109 Å². The highest BCUT2D eigenvalue weighted by atomic mass is 16.1. The Morgan fingerprint density at radius 2 is 1.94 bits per heavy atom. The Bertz CT molecular complexity index is 423. The highest BCUT2D eigenvalue weighted by Gasteiger charge is 2.16. The van der Waals surface area contributed by atoms with E-state index in [2.05, 4.69) is 22.7 Å². The minimum atomic E-state index is 0.0241. The van der Waals surface area contributed by atoms with E-state index in [1.54, 1.807) is 0 Å². The molecule has 1 unspecified atom stereocenters. The Kier molecular flexibility index (Phi) is 4.90. The van der Waals surface area contributed by atoms with Crippen molar-refractivity contribution in [2.24, 2.45) is 7.05 Å². The summed E-state index contributed by atoms with van der Waals surface area (Å²) >= 11 is 0. The molecule has 1 atom stereocenters. The zero-order chi connectivity index (χ0) is 13.9. The summed E-state index contributed by atoms with van der Waals surface area (Å²) in [6, 6.07) is 0.299. The summed E-state index contributed by atoms with van der Waals surface area (Å²) in [5, 5.41) is 10.5. The fourth-order valence-corrected chi connectivity index (χ4v) is 2.14. The number of carbonyl (C=O) groups is 1. The average molecular weight is 252 g/mol. The molecule has 5 nitrogen and oxygen atoms in total. The Balaban J connectivity index is 2.60. The molecule has 0 aromatic carbocycles. The van der Waals surface area contributed by atoms with E-state index >= 15 is 0 Å². The summed E-state index contributed by atoms with van der Waals surface area (Å²) in [6.07, 6.45) is 0. The van der Waals surface area contributed by atoms with Gasteiger partial charge in [0.15, 0.2) is 0 Å². The van der Waals surface area contributed by atoms with E-state index in [0.29, 0.717) is 6.54 Å². The van der Waals surface area contributed by atoms with Crippen LogP contribution in [-0.2, 0) is 11.8 Å². The Morgan fingerprint density at radius 3 is 2.39 bits per heavy atom. The molecular formula is C13H24N4O. The van der Waals surface area contributed by atoms with Crippen LogP contribution >= 0.6 is 0 Å². The van der Waals surface area contributed by atoms with Gasteiger partial charge in [0.2, 0.25) is 5.91 Å². The van der Waals surface area contributed by atoms with Gasteiger partial charge in [0.25, 0.3) is 0 Å². The third-order valence-electron chi connectivity index (χ3n) is 3.02. The quantitative estimate of drug-likeness (QED) is 0.828. The topological polar surface area (TPSA) is 59.0 Å². The minimum Gasteiger partial charge on any atom is -0.353 e. The van der Waals surface area contributed by atoms with Gasteiger partial charge in [0, 0.05) is 30.4 Å². The van der Waals surface area contributed by atoms with Gasteiger partial charge < -0.3 is 10.6 Å². The van der Waals surface area contributed by atoms with E-state index < -0.39 is 0 Å². The molecule has 18 heavy (non-hydrogen) atoms. The number of aromatic nitrogens is 2. The number of nitrogens with one attached hydrogen (secondary N) is 2. The van der Waals surface area contributed by atoms with Crippen LogP contribution in [0, 0.1) is 13.8 Å². The lowest BCUT2D eigenvalue weighted by molar-refractivity contribution is -0.120. The SMILES string of the molecule is Cc1nn(C)c(C)c1C(C)NCC(=O)NC(C)C. The number of hydrogen-bond donors (Lipinski definition) is 2. The van der Waals surface area contributed by atoms with Crippen molar-refractivity contribution in [1.29, 1.82) is 0 Å². The van der Waals surface area contributed by atoms with Crippen LogP contribution in [0.2, 0.25) is 0 Å². The summed E-state index contributed by atoms with van der Waals surface area (Å²) < 4.78 is 1.87. The molecule has 0 fully saturated rings. The van der Waals surface area contributed by atoms with Gasteiger partial charge in [-0.2, -0.15) is 5.10 Å². The van der Waals surface area contributed by atoms with Crippen LogP contribution in [0.3, 0.4) is 0 Å². The number of carbonyl (C=O) groups excluding carboxylic acids is 1. The van der Waals surface area contributed by atoms with Crippen LogP contribution in [0.15, 0.2) is 0 Å². The maximum Gasteiger partial charge on any atom is 0.234 e. The van der Waals surface area contributed by atoms with Crippen molar-refractivity contribution in [3.8, 4) is 0 Å². The molecule has 102 valence electrons. The first-order valence-electron chi connectivity index (χ1n) is 6.35. The lowest BCUT2D eigenvalue weighted by Gasteiger charge is -2.15. The fourth-order valence-electron chi connectivity index (χ4n) is 2.14. The number of hydrogen-bond acceptors (Lipinski definition) is 3. The molecule has 1 aromatic heterocycles. The highest BCUT2D eigenvalue weighted by molar-refractivity contribution is 5.78. The average Bonchev–Trinajstić information content (AvgIpc) is 2.49. The monoisotopic (exact) mass is 252 g/mol. The summed E-state index contributed by atoms with van der Waals surface area (Å²) in [5.74, 6) is 0.0241. The lowest BCUT2D eigenvalue weighted by Crippen LogP contribution is -2.38. The van der Waals surface area contributed by atoms with Gasteiger partial charge in [0.1, 0.15) is 0 Å². The van der Waals surface area contributed by atoms with Gasteiger partial charge >= 0.3 is 0 Å². The molecule has 0 aliphatic rings. The summed E-state index contributed by atoms with van der Waals surface area (Å²) in [7, 11) is 1.93. The highest BCUT2D eigenvalue weighted by Crippen LogP contribution is 2.20. The van der Waals surface area contributed by atoms with Gasteiger partial charge in [-0.1, -0.05) is 0 Å². The first-order valence-corrected chi connectivity index (χ1v) is 6.35. The zero-order valence-electron chi connectivity index (χ0n) is 12.2. The van der Waals surface area contributed by atoms with Gasteiger partial charge in [-0.3, -0.25) is 9.48 Å². The number of rotatable bonds is 5. The second kappa shape index (κ2) is 6.00. The molecule has 5 heteroatoms. The van der Waals surface area contributed by atoms with Crippen LogP contribution in [0.5, 0.6) is 0 Å². The Hall–Kier alpha value is -1.36. The molecule has 0 aliphatic heterocycles. The summed E-state index contributed by atoms with van der Waals surface area (Å²) in [6.45, 7) is 10.3. The Morgan fingerprint density at radius 1 is 1.33 bits per heavy atom. The predicted molar refractivity (Wildman–Crippen MR) is 72.4 cm³/mol. The maximum absolute atomic E-state index is 11.6. The second-order valence-corrected chi connectivity index (χ2v) is 5.03. The molecular weight excluding hydrogens is 228 g/mol. The minimum absolute atomic E-state index is 0.0241. The van der Waals surface area contributed by atoms with Gasteiger partial charge in [-0.15, -0.1) is 0 Å². The van der Waals surface area contributed by atoms with Crippen molar-refractivity contribution in [2.75, 3.05) is 6.54 Å². The van der Waals surface area contributed by atoms with Gasteiger partial charge in [-0.25, -0.2) is 0 Å². The molecule has 0 saturated carbocycles. The zero-order valence-corrected chi connectivity index (χ0v) is 12.2. The van der Waals surface area contributed by atoms with Crippen molar-refractivity contribution < 1.29 is 4.79 Å². The molecule has 1 amide bonds. The molecule has 0 radical (unpaired) electrons. The van der Waals surface area contributed by atoms with E-state index in [1.165, 1.54) is 5.56 Å². The number of aryl methyl sites for hydroxylation is 2. The van der Waals surface area contributed by atoms with E-state index in [-0.39, 0.29) is 18.0 Å². The smallest absolute Gasteiger partial charge is 0.234 e. The number of nitrogens with zero attached hydrogens (tertiary/aromatic N) is 2. The number of amides is 1. The van der Waals surface area contributed by atoms with Crippen molar-refractivity contribution >= 4 is 5.91 Å².